The van der Waals surface area contributed by atoms with E-state index in [1.54, 1.807) is 6.92 Å². The molecule has 0 radical (unpaired) electrons. The minimum Gasteiger partial charge on any atom is -0.480 e. The molecule has 4 nitrogen and oxygen atoms in total. The molecule has 0 aliphatic heterocycles. The Morgan fingerprint density at radius 2 is 1.95 bits per heavy atom. The predicted octanol–water partition coefficient (Wildman–Crippen LogP) is 3.52. The molecule has 3 N–H and O–H groups in total. The van der Waals surface area contributed by atoms with E-state index in [0.717, 1.165) is 10.9 Å². The number of amides is 1. The van der Waals surface area contributed by atoms with E-state index in [9.17, 15) is 4.79 Å². The summed E-state index contributed by atoms with van der Waals surface area (Å²) < 4.78 is 6.53. The minimum absolute atomic E-state index is 0. The molecule has 2 unspecified atom stereocenters. The molecule has 0 aliphatic carbocycles. The number of para-hydroxylation sites is 1. The van der Waals surface area contributed by atoms with Gasteiger partial charge in [0.05, 0.1) is 4.47 Å². The number of benzene rings is 1. The maximum absolute atomic E-state index is 12.3. The van der Waals surface area contributed by atoms with Crippen molar-refractivity contribution in [1.82, 2.24) is 5.32 Å². The molecule has 1 aromatic carbocycles. The van der Waals surface area contributed by atoms with Crippen LogP contribution in [-0.4, -0.2) is 24.1 Å². The van der Waals surface area contributed by atoms with Gasteiger partial charge in [-0.25, -0.2) is 0 Å². The molecule has 2 atom stereocenters. The second kappa shape index (κ2) is 9.38. The van der Waals surface area contributed by atoms with Gasteiger partial charge in [-0.05, 0) is 54.2 Å². The first-order valence-corrected chi connectivity index (χ1v) is 8.00. The summed E-state index contributed by atoms with van der Waals surface area (Å²) in [4.78, 5) is 12.3. The number of nitrogens with two attached hydrogens (primary N) is 1. The Morgan fingerprint density at radius 3 is 2.45 bits per heavy atom. The fourth-order valence-corrected chi connectivity index (χ4v) is 2.65. The third kappa shape index (κ3) is 6.55. The summed E-state index contributed by atoms with van der Waals surface area (Å²) in [5, 5.41) is 3.01. The first-order valence-electron chi connectivity index (χ1n) is 7.20. The van der Waals surface area contributed by atoms with E-state index in [1.807, 2.05) is 31.2 Å². The third-order valence-electron chi connectivity index (χ3n) is 3.24. The Labute approximate surface area is 147 Å². The lowest BCUT2D eigenvalue weighted by molar-refractivity contribution is -0.129. The highest BCUT2D eigenvalue weighted by molar-refractivity contribution is 9.10. The quantitative estimate of drug-likeness (QED) is 0.745. The summed E-state index contributed by atoms with van der Waals surface area (Å²) >= 11 is 3.40. The molecule has 0 fully saturated rings. The molecule has 0 heterocycles. The van der Waals surface area contributed by atoms with Crippen LogP contribution in [0.5, 0.6) is 5.75 Å². The fraction of sp³-hybridized carbons (Fsp3) is 0.562. The van der Waals surface area contributed by atoms with Gasteiger partial charge in [-0.2, -0.15) is 0 Å². The summed E-state index contributed by atoms with van der Waals surface area (Å²) in [7, 11) is 0. The van der Waals surface area contributed by atoms with E-state index in [2.05, 4.69) is 35.1 Å². The summed E-state index contributed by atoms with van der Waals surface area (Å²) in [5.74, 6) is 0.955. The number of hydrogen-bond acceptors (Lipinski definition) is 3. The van der Waals surface area contributed by atoms with Crippen molar-refractivity contribution in [2.24, 2.45) is 11.7 Å². The van der Waals surface area contributed by atoms with Gasteiger partial charge in [-0.15, -0.1) is 12.4 Å². The SMILES string of the molecule is CC(C)CC(C)(CN)NC(=O)C(C)Oc1ccccc1Br.Cl. The van der Waals surface area contributed by atoms with Crippen LogP contribution in [0.4, 0.5) is 0 Å². The lowest BCUT2D eigenvalue weighted by Gasteiger charge is -2.32. The highest BCUT2D eigenvalue weighted by Crippen LogP contribution is 2.25. The maximum atomic E-state index is 12.3. The Bertz CT molecular complexity index is 485. The van der Waals surface area contributed by atoms with Crippen LogP contribution in [0.1, 0.15) is 34.1 Å². The summed E-state index contributed by atoms with van der Waals surface area (Å²) in [6, 6.07) is 7.47. The molecular formula is C16H26BrClN2O2. The zero-order chi connectivity index (χ0) is 16.0. The van der Waals surface area contributed by atoms with Crippen molar-refractivity contribution in [2.75, 3.05) is 6.54 Å². The van der Waals surface area contributed by atoms with Gasteiger partial charge in [0.1, 0.15) is 5.75 Å². The molecular weight excluding hydrogens is 368 g/mol. The van der Waals surface area contributed by atoms with Crippen LogP contribution >= 0.6 is 28.3 Å². The van der Waals surface area contributed by atoms with Crippen molar-refractivity contribution in [2.45, 2.75) is 45.8 Å². The summed E-state index contributed by atoms with van der Waals surface area (Å²) in [6.07, 6.45) is 0.249. The molecule has 1 rings (SSSR count). The monoisotopic (exact) mass is 392 g/mol. The number of rotatable bonds is 7. The van der Waals surface area contributed by atoms with E-state index < -0.39 is 11.6 Å². The molecule has 6 heteroatoms. The number of hydrogen-bond donors (Lipinski definition) is 2. The van der Waals surface area contributed by atoms with Gasteiger partial charge in [0.25, 0.3) is 5.91 Å². The average molecular weight is 394 g/mol. The molecule has 22 heavy (non-hydrogen) atoms. The van der Waals surface area contributed by atoms with Crippen LogP contribution in [0.3, 0.4) is 0 Å². The van der Waals surface area contributed by atoms with Crippen LogP contribution in [0.15, 0.2) is 28.7 Å². The van der Waals surface area contributed by atoms with Crippen molar-refractivity contribution in [1.29, 1.82) is 0 Å². The average Bonchev–Trinajstić information content (AvgIpc) is 2.40. The van der Waals surface area contributed by atoms with Crippen molar-refractivity contribution < 1.29 is 9.53 Å². The van der Waals surface area contributed by atoms with E-state index in [4.69, 9.17) is 10.5 Å². The van der Waals surface area contributed by atoms with Crippen molar-refractivity contribution in [3.8, 4) is 5.75 Å². The lowest BCUT2D eigenvalue weighted by atomic mass is 9.90. The molecule has 1 amide bonds. The van der Waals surface area contributed by atoms with Crippen molar-refractivity contribution >= 4 is 34.2 Å². The zero-order valence-electron chi connectivity index (χ0n) is 13.6. The Morgan fingerprint density at radius 1 is 1.36 bits per heavy atom. The molecule has 1 aromatic rings. The molecule has 126 valence electrons. The Kier molecular flexibility index (Phi) is 9.05. The van der Waals surface area contributed by atoms with Crippen LogP contribution in [0.25, 0.3) is 0 Å². The molecule has 0 aromatic heterocycles. The highest BCUT2D eigenvalue weighted by atomic mass is 79.9. The second-order valence-electron chi connectivity index (χ2n) is 6.04. The smallest absolute Gasteiger partial charge is 0.261 e. The first-order chi connectivity index (χ1) is 9.77. The largest absolute Gasteiger partial charge is 0.480 e. The topological polar surface area (TPSA) is 64.3 Å². The van der Waals surface area contributed by atoms with Crippen molar-refractivity contribution in [3.05, 3.63) is 28.7 Å². The summed E-state index contributed by atoms with van der Waals surface area (Å²) in [5.41, 5.74) is 5.41. The van der Waals surface area contributed by atoms with Crippen LogP contribution in [0, 0.1) is 5.92 Å². The lowest BCUT2D eigenvalue weighted by Crippen LogP contribution is -2.55. The fourth-order valence-electron chi connectivity index (χ4n) is 2.27. The van der Waals surface area contributed by atoms with E-state index in [-0.39, 0.29) is 18.3 Å². The molecule has 0 saturated heterocycles. The predicted molar refractivity (Wildman–Crippen MR) is 96.5 cm³/mol. The summed E-state index contributed by atoms with van der Waals surface area (Å²) in [6.45, 7) is 8.33. The second-order valence-corrected chi connectivity index (χ2v) is 6.90. The maximum Gasteiger partial charge on any atom is 0.261 e. The molecule has 0 bridgehead atoms. The standard InChI is InChI=1S/C16H25BrN2O2.ClH/c1-11(2)9-16(4,10-18)19-15(20)12(3)21-14-8-6-5-7-13(14)17;/h5-8,11-12H,9-10,18H2,1-4H3,(H,19,20);1H. The number of nitrogens with one attached hydrogen (secondary N) is 1. The Hall–Kier alpha value is -0.780. The van der Waals surface area contributed by atoms with Crippen molar-refractivity contribution in [3.63, 3.8) is 0 Å². The number of carbonyl (C=O) groups is 1. The number of carbonyl (C=O) groups excluding carboxylic acids is 1. The van der Waals surface area contributed by atoms with Gasteiger partial charge in [0.15, 0.2) is 6.10 Å². The van der Waals surface area contributed by atoms with E-state index in [1.165, 1.54) is 0 Å². The minimum atomic E-state index is -0.582. The van der Waals surface area contributed by atoms with Crippen LogP contribution in [0.2, 0.25) is 0 Å². The molecule has 0 saturated carbocycles. The van der Waals surface area contributed by atoms with Gasteiger partial charge in [0.2, 0.25) is 0 Å². The highest BCUT2D eigenvalue weighted by Gasteiger charge is 2.28. The van der Waals surface area contributed by atoms with Gasteiger partial charge in [0, 0.05) is 12.1 Å². The molecule has 0 aliphatic rings. The third-order valence-corrected chi connectivity index (χ3v) is 3.90. The van der Waals surface area contributed by atoms with Gasteiger partial charge in [-0.3, -0.25) is 4.79 Å². The Balaban J connectivity index is 0.00000441. The molecule has 0 spiro atoms. The van der Waals surface area contributed by atoms with Gasteiger partial charge >= 0.3 is 0 Å². The van der Waals surface area contributed by atoms with Gasteiger partial charge < -0.3 is 15.8 Å². The normalized spacial score (nSPS) is 14.7. The zero-order valence-corrected chi connectivity index (χ0v) is 16.0. The van der Waals surface area contributed by atoms with Crippen LogP contribution < -0.4 is 15.8 Å². The number of halogens is 2. The van der Waals surface area contributed by atoms with Crippen LogP contribution in [-0.2, 0) is 4.79 Å². The van der Waals surface area contributed by atoms with E-state index >= 15 is 0 Å². The van der Waals surface area contributed by atoms with Gasteiger partial charge in [-0.1, -0.05) is 26.0 Å². The number of ether oxygens (including phenoxy) is 1. The first kappa shape index (κ1) is 21.2. The van der Waals surface area contributed by atoms with E-state index in [0.29, 0.717) is 18.2 Å².